The first-order chi connectivity index (χ1) is 18.6. The van der Waals surface area contributed by atoms with E-state index in [9.17, 15) is 18.0 Å². The molecule has 4 rings (SSSR count). The van der Waals surface area contributed by atoms with E-state index in [0.29, 0.717) is 21.8 Å². The van der Waals surface area contributed by atoms with Gasteiger partial charge in [0.15, 0.2) is 0 Å². The molecule has 0 aliphatic rings. The molecule has 0 heterocycles. The highest BCUT2D eigenvalue weighted by molar-refractivity contribution is 7.92. The summed E-state index contributed by atoms with van der Waals surface area (Å²) < 4.78 is 33.4. The number of carbonyl (C=O) groups excluding carboxylic acids is 2. The third kappa shape index (κ3) is 6.42. The summed E-state index contributed by atoms with van der Waals surface area (Å²) in [6.45, 7) is 1.82. The van der Waals surface area contributed by atoms with Crippen molar-refractivity contribution in [1.29, 1.82) is 0 Å². The molecule has 7 nitrogen and oxygen atoms in total. The molecule has 0 saturated carbocycles. The Kier molecular flexibility index (Phi) is 8.60. The molecule has 1 N–H and O–H groups in total. The summed E-state index contributed by atoms with van der Waals surface area (Å²) in [5.74, 6) is -1.01. The lowest BCUT2D eigenvalue weighted by atomic mass is 10.1. The van der Waals surface area contributed by atoms with Crippen molar-refractivity contribution in [3.05, 3.63) is 123 Å². The molecule has 0 spiro atoms. The first-order valence-corrected chi connectivity index (χ1v) is 13.9. The van der Waals surface area contributed by atoms with Gasteiger partial charge in [-0.25, -0.2) is 13.2 Å². The van der Waals surface area contributed by atoms with Crippen LogP contribution in [-0.2, 0) is 21.3 Å². The highest BCUT2D eigenvalue weighted by atomic mass is 35.5. The minimum absolute atomic E-state index is 0.00725. The van der Waals surface area contributed by atoms with E-state index >= 15 is 0 Å². The van der Waals surface area contributed by atoms with E-state index in [-0.39, 0.29) is 27.7 Å². The number of aryl methyl sites for hydroxylation is 1. The largest absolute Gasteiger partial charge is 0.465 e. The number of anilines is 2. The summed E-state index contributed by atoms with van der Waals surface area (Å²) in [6, 6.07) is 24.2. The van der Waals surface area contributed by atoms with Crippen LogP contribution in [0.5, 0.6) is 0 Å². The average molecular weight is 583 g/mol. The van der Waals surface area contributed by atoms with Crippen molar-refractivity contribution in [2.24, 2.45) is 0 Å². The number of benzene rings is 4. The van der Waals surface area contributed by atoms with Crippen molar-refractivity contribution in [2.75, 3.05) is 16.7 Å². The fourth-order valence-electron chi connectivity index (χ4n) is 3.86. The zero-order chi connectivity index (χ0) is 28.2. The van der Waals surface area contributed by atoms with Gasteiger partial charge in [-0.2, -0.15) is 0 Å². The van der Waals surface area contributed by atoms with Crippen LogP contribution < -0.4 is 9.62 Å². The van der Waals surface area contributed by atoms with Gasteiger partial charge in [0, 0.05) is 10.6 Å². The van der Waals surface area contributed by atoms with E-state index in [1.54, 1.807) is 60.7 Å². The number of nitrogens with one attached hydrogen (secondary N) is 1. The van der Waals surface area contributed by atoms with E-state index in [1.165, 1.54) is 41.7 Å². The number of sulfonamides is 1. The van der Waals surface area contributed by atoms with E-state index in [2.05, 4.69) is 5.32 Å². The molecule has 200 valence electrons. The highest BCUT2D eigenvalue weighted by Gasteiger charge is 2.26. The maximum absolute atomic E-state index is 13.7. The molecule has 0 aromatic heterocycles. The molecular weight excluding hydrogens is 559 g/mol. The molecular formula is C29H24Cl2N2O5S. The predicted octanol–water partition coefficient (Wildman–Crippen LogP) is 6.74. The van der Waals surface area contributed by atoms with E-state index < -0.39 is 21.9 Å². The normalized spacial score (nSPS) is 11.1. The number of halogens is 2. The van der Waals surface area contributed by atoms with Crippen molar-refractivity contribution < 1.29 is 22.7 Å². The van der Waals surface area contributed by atoms with Crippen molar-refractivity contribution >= 4 is 56.5 Å². The lowest BCUT2D eigenvalue weighted by Crippen LogP contribution is -2.31. The summed E-state index contributed by atoms with van der Waals surface area (Å²) in [4.78, 5) is 24.9. The van der Waals surface area contributed by atoms with Gasteiger partial charge in [0.1, 0.15) is 0 Å². The fourth-order valence-corrected chi connectivity index (χ4v) is 5.72. The van der Waals surface area contributed by atoms with Crippen LogP contribution in [0.15, 0.2) is 95.9 Å². The number of ether oxygens (including phenoxy) is 1. The van der Waals surface area contributed by atoms with Crippen LogP contribution in [0.25, 0.3) is 0 Å². The number of amides is 1. The van der Waals surface area contributed by atoms with E-state index in [1.807, 2.05) is 6.92 Å². The topological polar surface area (TPSA) is 92.8 Å². The molecule has 4 aromatic rings. The molecule has 0 aliphatic carbocycles. The Morgan fingerprint density at radius 1 is 0.872 bits per heavy atom. The minimum Gasteiger partial charge on any atom is -0.465 e. The molecule has 0 radical (unpaired) electrons. The Bertz CT molecular complexity index is 1630. The lowest BCUT2D eigenvalue weighted by molar-refractivity contribution is 0.0600. The van der Waals surface area contributed by atoms with Gasteiger partial charge >= 0.3 is 5.97 Å². The Morgan fingerprint density at radius 3 is 2.21 bits per heavy atom. The fraction of sp³-hybridized carbons (Fsp3) is 0.103. The quantitative estimate of drug-likeness (QED) is 0.232. The van der Waals surface area contributed by atoms with Crippen LogP contribution in [0.2, 0.25) is 10.0 Å². The van der Waals surface area contributed by atoms with Gasteiger partial charge in [-0.3, -0.25) is 9.10 Å². The molecule has 39 heavy (non-hydrogen) atoms. The van der Waals surface area contributed by atoms with Gasteiger partial charge in [-0.05, 0) is 72.6 Å². The molecule has 0 atom stereocenters. The Balaban J connectivity index is 1.61. The van der Waals surface area contributed by atoms with E-state index in [0.717, 1.165) is 5.56 Å². The van der Waals surface area contributed by atoms with Crippen molar-refractivity contribution in [2.45, 2.75) is 18.4 Å². The van der Waals surface area contributed by atoms with Gasteiger partial charge in [0.05, 0.1) is 40.5 Å². The molecule has 0 bridgehead atoms. The molecule has 4 aromatic carbocycles. The molecule has 0 fully saturated rings. The molecule has 0 saturated heterocycles. The van der Waals surface area contributed by atoms with Crippen LogP contribution in [-0.4, -0.2) is 27.4 Å². The molecule has 1 amide bonds. The summed E-state index contributed by atoms with van der Waals surface area (Å²) >= 11 is 12.4. The Morgan fingerprint density at radius 2 is 1.54 bits per heavy atom. The zero-order valence-electron chi connectivity index (χ0n) is 21.0. The zero-order valence-corrected chi connectivity index (χ0v) is 23.3. The molecule has 10 heteroatoms. The number of hydrogen-bond donors (Lipinski definition) is 1. The number of esters is 1. The summed E-state index contributed by atoms with van der Waals surface area (Å²) in [5.41, 5.74) is 2.65. The lowest BCUT2D eigenvalue weighted by Gasteiger charge is -2.26. The maximum Gasteiger partial charge on any atom is 0.337 e. The Labute approximate surface area is 237 Å². The van der Waals surface area contributed by atoms with Gasteiger partial charge in [0.2, 0.25) is 0 Å². The van der Waals surface area contributed by atoms with Gasteiger partial charge in [-0.1, -0.05) is 59.6 Å². The summed E-state index contributed by atoms with van der Waals surface area (Å²) in [6.07, 6.45) is 0. The monoisotopic (exact) mass is 582 g/mol. The Hall–Kier alpha value is -3.85. The second-order valence-corrected chi connectivity index (χ2v) is 11.3. The standard InChI is InChI=1S/C29H24Cl2N2O5S/c1-19-8-14-23(30)17-27(19)33(39(36,37)24-6-4-3-5-7-24)18-20-9-11-21(12-10-20)28(34)32-26-16-22(29(35)38-2)13-15-25(26)31/h3-17H,18H2,1-2H3,(H,32,34). The number of hydrogen-bond acceptors (Lipinski definition) is 5. The van der Waals surface area contributed by atoms with Crippen LogP contribution in [0.1, 0.15) is 31.8 Å². The minimum atomic E-state index is -3.93. The van der Waals surface area contributed by atoms with Crippen LogP contribution in [0, 0.1) is 6.92 Å². The van der Waals surface area contributed by atoms with Crippen molar-refractivity contribution in [1.82, 2.24) is 0 Å². The number of carbonyl (C=O) groups is 2. The summed E-state index contributed by atoms with van der Waals surface area (Å²) in [5, 5.41) is 3.36. The van der Waals surface area contributed by atoms with Crippen LogP contribution in [0.3, 0.4) is 0 Å². The third-order valence-electron chi connectivity index (χ3n) is 5.95. The maximum atomic E-state index is 13.7. The number of rotatable bonds is 8. The van der Waals surface area contributed by atoms with E-state index in [4.69, 9.17) is 27.9 Å². The predicted molar refractivity (Wildman–Crippen MR) is 153 cm³/mol. The second kappa shape index (κ2) is 11.9. The third-order valence-corrected chi connectivity index (χ3v) is 8.29. The first-order valence-electron chi connectivity index (χ1n) is 11.7. The SMILES string of the molecule is COC(=O)c1ccc(Cl)c(NC(=O)c2ccc(CN(c3cc(Cl)ccc3C)S(=O)(=O)c3ccccc3)cc2)c1. The smallest absolute Gasteiger partial charge is 0.337 e. The number of nitrogens with zero attached hydrogens (tertiary/aromatic N) is 1. The second-order valence-electron chi connectivity index (χ2n) is 8.59. The summed E-state index contributed by atoms with van der Waals surface area (Å²) in [7, 11) is -2.67. The van der Waals surface area contributed by atoms with Crippen molar-refractivity contribution in [3.8, 4) is 0 Å². The van der Waals surface area contributed by atoms with Crippen molar-refractivity contribution in [3.63, 3.8) is 0 Å². The van der Waals surface area contributed by atoms with Gasteiger partial charge in [0.25, 0.3) is 15.9 Å². The van der Waals surface area contributed by atoms with Crippen LogP contribution >= 0.6 is 23.2 Å². The first kappa shape index (κ1) is 28.2. The highest BCUT2D eigenvalue weighted by Crippen LogP contribution is 2.31. The average Bonchev–Trinajstić information content (AvgIpc) is 2.94. The van der Waals surface area contributed by atoms with Gasteiger partial charge in [-0.15, -0.1) is 0 Å². The molecule has 0 aliphatic heterocycles. The van der Waals surface area contributed by atoms with Crippen LogP contribution in [0.4, 0.5) is 11.4 Å². The van der Waals surface area contributed by atoms with Gasteiger partial charge < -0.3 is 10.1 Å². The number of methoxy groups -OCH3 is 1. The molecule has 0 unspecified atom stereocenters.